The molecule has 1 aromatic heterocycles. The number of carbonyl (C=O) groups is 1. The monoisotopic (exact) mass is 310 g/mol. The molecule has 0 bridgehead atoms. The molecule has 0 aliphatic carbocycles. The molecule has 3 heterocycles. The first-order valence-electron chi connectivity index (χ1n) is 8.44. The third-order valence-electron chi connectivity index (χ3n) is 5.01. The number of nitrogens with one attached hydrogen (secondary N) is 1. The van der Waals surface area contributed by atoms with Gasteiger partial charge in [0.05, 0.1) is 0 Å². The van der Waals surface area contributed by atoms with Gasteiger partial charge in [0.25, 0.3) is 5.91 Å². The van der Waals surface area contributed by atoms with E-state index >= 15 is 0 Å². The van der Waals surface area contributed by atoms with Crippen LogP contribution in [0.2, 0.25) is 0 Å². The third kappa shape index (κ3) is 2.88. The molecule has 1 N–H and O–H groups in total. The van der Waals surface area contributed by atoms with Gasteiger partial charge in [0.1, 0.15) is 5.82 Å². The number of piperazine rings is 1. The summed E-state index contributed by atoms with van der Waals surface area (Å²) in [6.07, 6.45) is 7.33. The largest absolute Gasteiger partial charge is 0.345 e. The summed E-state index contributed by atoms with van der Waals surface area (Å²) >= 11 is 0. The van der Waals surface area contributed by atoms with Crippen LogP contribution in [0.3, 0.4) is 0 Å². The average Bonchev–Trinajstić information content (AvgIpc) is 3.15. The minimum Gasteiger partial charge on any atom is -0.345 e. The summed E-state index contributed by atoms with van der Waals surface area (Å²) in [5.74, 6) is 0.945. The zero-order valence-corrected chi connectivity index (χ0v) is 13.2. The fourth-order valence-electron chi connectivity index (χ4n) is 3.75. The van der Waals surface area contributed by atoms with Crippen LogP contribution in [-0.4, -0.2) is 57.9 Å². The summed E-state index contributed by atoms with van der Waals surface area (Å²) in [5.41, 5.74) is 1.71. The molecular weight excluding hydrogens is 288 g/mol. The van der Waals surface area contributed by atoms with Gasteiger partial charge in [0, 0.05) is 49.2 Å². The second kappa shape index (κ2) is 6.16. The molecule has 0 saturated carbocycles. The van der Waals surface area contributed by atoms with E-state index in [0.29, 0.717) is 6.04 Å². The highest BCUT2D eigenvalue weighted by Gasteiger charge is 2.31. The van der Waals surface area contributed by atoms with E-state index in [1.165, 1.54) is 25.8 Å². The Morgan fingerprint density at radius 1 is 1.22 bits per heavy atom. The number of aromatic amines is 1. The molecule has 5 nitrogen and oxygen atoms in total. The van der Waals surface area contributed by atoms with Gasteiger partial charge in [0.15, 0.2) is 0 Å². The number of nitrogens with zero attached hydrogens (tertiary/aromatic N) is 3. The number of rotatable bonds is 2. The van der Waals surface area contributed by atoms with Crippen LogP contribution >= 0.6 is 0 Å². The SMILES string of the molecule is O=C(c1cccc(-c2ncc[nH]2)c1)N1CCN2CCCC[C@@H]2C1. The molecule has 1 aromatic carbocycles. The molecule has 1 amide bonds. The first-order chi connectivity index (χ1) is 11.3. The smallest absolute Gasteiger partial charge is 0.253 e. The van der Waals surface area contributed by atoms with E-state index in [0.717, 1.165) is 36.6 Å². The van der Waals surface area contributed by atoms with Crippen molar-refractivity contribution in [3.05, 3.63) is 42.2 Å². The normalized spacial score (nSPS) is 21.9. The Morgan fingerprint density at radius 2 is 2.17 bits per heavy atom. The van der Waals surface area contributed by atoms with E-state index < -0.39 is 0 Å². The van der Waals surface area contributed by atoms with Gasteiger partial charge in [-0.2, -0.15) is 0 Å². The second-order valence-corrected chi connectivity index (χ2v) is 6.46. The topological polar surface area (TPSA) is 52.2 Å². The highest BCUT2D eigenvalue weighted by molar-refractivity contribution is 5.95. The minimum atomic E-state index is 0.142. The van der Waals surface area contributed by atoms with Crippen LogP contribution in [0.25, 0.3) is 11.4 Å². The Hall–Kier alpha value is -2.14. The maximum atomic E-state index is 12.9. The lowest BCUT2D eigenvalue weighted by molar-refractivity contribution is 0.0372. The molecule has 23 heavy (non-hydrogen) atoms. The standard InChI is InChI=1S/C18H22N4O/c23-18(22-11-10-21-9-2-1-6-16(21)13-22)15-5-3-4-14(12-15)17-19-7-8-20-17/h3-5,7-8,12,16H,1-2,6,9-11,13H2,(H,19,20)/t16-/m1/s1. The summed E-state index contributed by atoms with van der Waals surface area (Å²) in [5, 5.41) is 0. The van der Waals surface area contributed by atoms with E-state index in [9.17, 15) is 4.79 Å². The maximum absolute atomic E-state index is 12.9. The van der Waals surface area contributed by atoms with Gasteiger partial charge in [0.2, 0.25) is 0 Å². The molecule has 2 aromatic rings. The Labute approximate surface area is 136 Å². The quantitative estimate of drug-likeness (QED) is 0.926. The highest BCUT2D eigenvalue weighted by atomic mass is 16.2. The number of carbonyl (C=O) groups excluding carboxylic acids is 1. The molecule has 0 spiro atoms. The van der Waals surface area contributed by atoms with Crippen molar-refractivity contribution in [2.75, 3.05) is 26.2 Å². The predicted molar refractivity (Wildman–Crippen MR) is 89.1 cm³/mol. The number of piperidine rings is 1. The molecule has 2 fully saturated rings. The predicted octanol–water partition coefficient (Wildman–Crippen LogP) is 2.39. The van der Waals surface area contributed by atoms with Gasteiger partial charge in [-0.05, 0) is 31.5 Å². The van der Waals surface area contributed by atoms with Crippen LogP contribution in [0.5, 0.6) is 0 Å². The zero-order valence-electron chi connectivity index (χ0n) is 13.2. The van der Waals surface area contributed by atoms with Crippen LogP contribution < -0.4 is 0 Å². The van der Waals surface area contributed by atoms with Gasteiger partial charge in [-0.15, -0.1) is 0 Å². The highest BCUT2D eigenvalue weighted by Crippen LogP contribution is 2.23. The van der Waals surface area contributed by atoms with E-state index in [1.807, 2.05) is 29.2 Å². The number of H-pyrrole nitrogens is 1. The van der Waals surface area contributed by atoms with Crippen molar-refractivity contribution < 1.29 is 4.79 Å². The van der Waals surface area contributed by atoms with Crippen LogP contribution in [-0.2, 0) is 0 Å². The molecular formula is C18H22N4O. The Morgan fingerprint density at radius 3 is 3.04 bits per heavy atom. The van der Waals surface area contributed by atoms with Crippen molar-refractivity contribution in [2.45, 2.75) is 25.3 Å². The summed E-state index contributed by atoms with van der Waals surface area (Å²) in [6.45, 7) is 3.90. The van der Waals surface area contributed by atoms with E-state index in [-0.39, 0.29) is 5.91 Å². The molecule has 1 atom stereocenters. The number of benzene rings is 1. The van der Waals surface area contributed by atoms with Crippen molar-refractivity contribution in [1.29, 1.82) is 0 Å². The summed E-state index contributed by atoms with van der Waals surface area (Å²) in [4.78, 5) is 24.8. The van der Waals surface area contributed by atoms with Crippen molar-refractivity contribution in [3.63, 3.8) is 0 Å². The number of hydrogen-bond donors (Lipinski definition) is 1. The lowest BCUT2D eigenvalue weighted by Gasteiger charge is -2.44. The van der Waals surface area contributed by atoms with Crippen molar-refractivity contribution in [2.24, 2.45) is 0 Å². The lowest BCUT2D eigenvalue weighted by Crippen LogP contribution is -2.56. The number of aromatic nitrogens is 2. The third-order valence-corrected chi connectivity index (χ3v) is 5.01. The second-order valence-electron chi connectivity index (χ2n) is 6.46. The average molecular weight is 310 g/mol. The number of fused-ring (bicyclic) bond motifs is 1. The molecule has 2 saturated heterocycles. The first kappa shape index (κ1) is 14.5. The first-order valence-corrected chi connectivity index (χ1v) is 8.44. The van der Waals surface area contributed by atoms with Crippen molar-refractivity contribution in [3.8, 4) is 11.4 Å². The van der Waals surface area contributed by atoms with E-state index in [2.05, 4.69) is 14.9 Å². The van der Waals surface area contributed by atoms with Gasteiger partial charge in [-0.25, -0.2) is 4.98 Å². The van der Waals surface area contributed by atoms with Crippen LogP contribution in [0.1, 0.15) is 29.6 Å². The lowest BCUT2D eigenvalue weighted by atomic mass is 9.99. The van der Waals surface area contributed by atoms with Crippen LogP contribution in [0, 0.1) is 0 Å². The number of hydrogen-bond acceptors (Lipinski definition) is 3. The molecule has 5 heteroatoms. The summed E-state index contributed by atoms with van der Waals surface area (Å²) in [6, 6.07) is 8.31. The van der Waals surface area contributed by atoms with Crippen LogP contribution in [0.15, 0.2) is 36.7 Å². The molecule has 0 unspecified atom stereocenters. The van der Waals surface area contributed by atoms with Crippen LogP contribution in [0.4, 0.5) is 0 Å². The van der Waals surface area contributed by atoms with Gasteiger partial charge < -0.3 is 9.88 Å². The van der Waals surface area contributed by atoms with E-state index in [1.54, 1.807) is 12.4 Å². The molecule has 120 valence electrons. The molecule has 2 aliphatic heterocycles. The van der Waals surface area contributed by atoms with Crippen molar-refractivity contribution in [1.82, 2.24) is 19.8 Å². The van der Waals surface area contributed by atoms with Crippen molar-refractivity contribution >= 4 is 5.91 Å². The summed E-state index contributed by atoms with van der Waals surface area (Å²) < 4.78 is 0. The molecule has 0 radical (unpaired) electrons. The maximum Gasteiger partial charge on any atom is 0.253 e. The number of imidazole rings is 1. The van der Waals surface area contributed by atoms with Gasteiger partial charge in [-0.3, -0.25) is 9.69 Å². The fraction of sp³-hybridized carbons (Fsp3) is 0.444. The fourth-order valence-corrected chi connectivity index (χ4v) is 3.75. The van der Waals surface area contributed by atoms with Gasteiger partial charge in [-0.1, -0.05) is 18.6 Å². The van der Waals surface area contributed by atoms with Gasteiger partial charge >= 0.3 is 0 Å². The molecule has 4 rings (SSSR count). The molecule has 2 aliphatic rings. The zero-order chi connectivity index (χ0) is 15.6. The Kier molecular flexibility index (Phi) is 3.87. The number of amides is 1. The summed E-state index contributed by atoms with van der Waals surface area (Å²) in [7, 11) is 0. The van der Waals surface area contributed by atoms with E-state index in [4.69, 9.17) is 0 Å². The Bertz CT molecular complexity index is 682. The Balaban J connectivity index is 1.52. The minimum absolute atomic E-state index is 0.142.